The van der Waals surface area contributed by atoms with Gasteiger partial charge in [0.2, 0.25) is 0 Å². The van der Waals surface area contributed by atoms with Crippen molar-refractivity contribution in [2.75, 3.05) is 5.73 Å². The van der Waals surface area contributed by atoms with E-state index in [1.54, 1.807) is 4.68 Å². The number of nitrogens with zero attached hydrogens (tertiary/aromatic N) is 2. The van der Waals surface area contributed by atoms with Crippen LogP contribution in [-0.4, -0.2) is 9.78 Å². The molecule has 2 N–H and O–H groups in total. The lowest BCUT2D eigenvalue weighted by molar-refractivity contribution is 0.886. The molecule has 1 aromatic heterocycles. The highest BCUT2D eigenvalue weighted by molar-refractivity contribution is 9.10. The molecule has 5 heteroatoms. The van der Waals surface area contributed by atoms with Gasteiger partial charge >= 0.3 is 0 Å². The molecule has 0 atom stereocenters. The van der Waals surface area contributed by atoms with Crippen molar-refractivity contribution in [2.45, 2.75) is 6.92 Å². The molecule has 2 aromatic carbocycles. The minimum atomic E-state index is 0.617. The van der Waals surface area contributed by atoms with E-state index >= 15 is 0 Å². The fourth-order valence-electron chi connectivity index (χ4n) is 2.25. The van der Waals surface area contributed by atoms with Crippen molar-refractivity contribution in [1.82, 2.24) is 9.78 Å². The van der Waals surface area contributed by atoms with Crippen LogP contribution in [0.5, 0.6) is 0 Å². The topological polar surface area (TPSA) is 43.8 Å². The lowest BCUT2D eigenvalue weighted by atomic mass is 10.1. The molecule has 0 spiro atoms. The van der Waals surface area contributed by atoms with Crippen LogP contribution in [0.1, 0.15) is 5.56 Å². The Labute approximate surface area is 140 Å². The van der Waals surface area contributed by atoms with Gasteiger partial charge in [0.1, 0.15) is 5.82 Å². The van der Waals surface area contributed by atoms with Crippen molar-refractivity contribution in [3.63, 3.8) is 0 Å². The Kier molecular flexibility index (Phi) is 3.87. The van der Waals surface area contributed by atoms with E-state index in [0.717, 1.165) is 31.5 Å². The Hall–Kier alpha value is -1.59. The Bertz CT molecular complexity index is 809. The third-order valence-corrected chi connectivity index (χ3v) is 4.46. The lowest BCUT2D eigenvalue weighted by Crippen LogP contribution is -2.03. The number of anilines is 1. The zero-order valence-electron chi connectivity index (χ0n) is 11.3. The average Bonchev–Trinajstić information content (AvgIpc) is 2.81. The molecule has 106 valence electrons. The van der Waals surface area contributed by atoms with Crippen molar-refractivity contribution in [3.05, 3.63) is 63.0 Å². The summed E-state index contributed by atoms with van der Waals surface area (Å²) in [7, 11) is 0. The number of benzene rings is 2. The second kappa shape index (κ2) is 5.66. The number of hydrogen-bond acceptors (Lipinski definition) is 2. The van der Waals surface area contributed by atoms with Gasteiger partial charge in [-0.1, -0.05) is 50.1 Å². The maximum Gasteiger partial charge on any atom is 0.127 e. The summed E-state index contributed by atoms with van der Waals surface area (Å²) in [6, 6.07) is 15.9. The maximum atomic E-state index is 6.14. The van der Waals surface area contributed by atoms with E-state index in [9.17, 15) is 0 Å². The Morgan fingerprint density at radius 2 is 1.81 bits per heavy atom. The molecule has 0 fully saturated rings. The van der Waals surface area contributed by atoms with Crippen molar-refractivity contribution in [1.29, 1.82) is 0 Å². The molecular formula is C16H13Br2N3. The molecule has 0 unspecified atom stereocenters. The number of nitrogen functional groups attached to an aromatic ring is 1. The second-order valence-corrected chi connectivity index (χ2v) is 6.55. The first-order chi connectivity index (χ1) is 10.1. The molecular weight excluding hydrogens is 394 g/mol. The van der Waals surface area contributed by atoms with Crippen LogP contribution < -0.4 is 5.73 Å². The van der Waals surface area contributed by atoms with Crippen molar-refractivity contribution >= 4 is 37.7 Å². The summed E-state index contributed by atoms with van der Waals surface area (Å²) in [6.45, 7) is 2.04. The third kappa shape index (κ3) is 2.76. The SMILES string of the molecule is Cc1cc(Br)ccc1-n1nc(-c2ccccc2Br)cc1N. The summed E-state index contributed by atoms with van der Waals surface area (Å²) in [4.78, 5) is 0. The molecule has 0 aliphatic heterocycles. The van der Waals surface area contributed by atoms with Gasteiger partial charge in [-0.05, 0) is 36.8 Å². The summed E-state index contributed by atoms with van der Waals surface area (Å²) in [5.74, 6) is 0.617. The van der Waals surface area contributed by atoms with Crippen LogP contribution in [-0.2, 0) is 0 Å². The molecule has 3 rings (SSSR count). The Balaban J connectivity index is 2.12. The van der Waals surface area contributed by atoms with Crippen molar-refractivity contribution < 1.29 is 0 Å². The van der Waals surface area contributed by atoms with Gasteiger partial charge in [-0.3, -0.25) is 0 Å². The van der Waals surface area contributed by atoms with E-state index in [1.165, 1.54) is 0 Å². The molecule has 0 bridgehead atoms. The van der Waals surface area contributed by atoms with Gasteiger partial charge in [0.15, 0.2) is 0 Å². The molecule has 21 heavy (non-hydrogen) atoms. The second-order valence-electron chi connectivity index (χ2n) is 4.78. The molecule has 0 aliphatic carbocycles. The summed E-state index contributed by atoms with van der Waals surface area (Å²) in [6.07, 6.45) is 0. The standard InChI is InChI=1S/C16H13Br2N3/c1-10-8-11(17)6-7-15(10)21-16(19)9-14(20-21)12-4-2-3-5-13(12)18/h2-9H,19H2,1H3. The van der Waals surface area contributed by atoms with Gasteiger partial charge in [-0.25, -0.2) is 4.68 Å². The predicted octanol–water partition coefficient (Wildman–Crippen LogP) is 4.95. The van der Waals surface area contributed by atoms with Gasteiger partial charge in [0.05, 0.1) is 11.4 Å². The first-order valence-electron chi connectivity index (χ1n) is 6.43. The first-order valence-corrected chi connectivity index (χ1v) is 8.02. The molecule has 3 aromatic rings. The Morgan fingerprint density at radius 3 is 2.52 bits per heavy atom. The monoisotopic (exact) mass is 405 g/mol. The molecule has 0 amide bonds. The Morgan fingerprint density at radius 1 is 1.05 bits per heavy atom. The molecule has 0 saturated heterocycles. The van der Waals surface area contributed by atoms with Gasteiger partial charge < -0.3 is 5.73 Å². The smallest absolute Gasteiger partial charge is 0.127 e. The fourth-order valence-corrected chi connectivity index (χ4v) is 3.21. The predicted molar refractivity (Wildman–Crippen MR) is 93.5 cm³/mol. The number of aryl methyl sites for hydroxylation is 1. The van der Waals surface area contributed by atoms with E-state index in [0.29, 0.717) is 5.82 Å². The highest BCUT2D eigenvalue weighted by atomic mass is 79.9. The summed E-state index contributed by atoms with van der Waals surface area (Å²) < 4.78 is 3.82. The molecule has 0 radical (unpaired) electrons. The molecule has 0 saturated carbocycles. The summed E-state index contributed by atoms with van der Waals surface area (Å²) in [5, 5.41) is 4.65. The lowest BCUT2D eigenvalue weighted by Gasteiger charge is -2.08. The number of nitrogens with two attached hydrogens (primary N) is 1. The van der Waals surface area contributed by atoms with Gasteiger partial charge in [0.25, 0.3) is 0 Å². The summed E-state index contributed by atoms with van der Waals surface area (Å²) >= 11 is 7.02. The van der Waals surface area contributed by atoms with Crippen LogP contribution in [0.4, 0.5) is 5.82 Å². The number of aromatic nitrogens is 2. The van der Waals surface area contributed by atoms with Gasteiger partial charge in [-0.2, -0.15) is 5.10 Å². The van der Waals surface area contributed by atoms with Crippen LogP contribution in [0, 0.1) is 6.92 Å². The van der Waals surface area contributed by atoms with Crippen LogP contribution in [0.25, 0.3) is 16.9 Å². The fraction of sp³-hybridized carbons (Fsp3) is 0.0625. The third-order valence-electron chi connectivity index (χ3n) is 3.27. The van der Waals surface area contributed by atoms with E-state index in [-0.39, 0.29) is 0 Å². The quantitative estimate of drug-likeness (QED) is 0.653. The van der Waals surface area contributed by atoms with Crippen LogP contribution in [0.15, 0.2) is 57.5 Å². The average molecular weight is 407 g/mol. The number of halogens is 2. The van der Waals surface area contributed by atoms with Gasteiger partial charge in [0, 0.05) is 20.6 Å². The maximum absolute atomic E-state index is 6.14. The van der Waals surface area contributed by atoms with Crippen molar-refractivity contribution in [3.8, 4) is 16.9 Å². The van der Waals surface area contributed by atoms with E-state index in [1.807, 2.05) is 49.4 Å². The van der Waals surface area contributed by atoms with Crippen LogP contribution >= 0.6 is 31.9 Å². The number of hydrogen-bond donors (Lipinski definition) is 1. The molecule has 1 heterocycles. The van der Waals surface area contributed by atoms with Crippen LogP contribution in [0.3, 0.4) is 0 Å². The van der Waals surface area contributed by atoms with E-state index < -0.39 is 0 Å². The minimum Gasteiger partial charge on any atom is -0.384 e. The van der Waals surface area contributed by atoms with Gasteiger partial charge in [-0.15, -0.1) is 0 Å². The normalized spacial score (nSPS) is 10.8. The highest BCUT2D eigenvalue weighted by Gasteiger charge is 2.12. The first kappa shape index (κ1) is 14.4. The van der Waals surface area contributed by atoms with Crippen LogP contribution in [0.2, 0.25) is 0 Å². The zero-order valence-corrected chi connectivity index (χ0v) is 14.5. The molecule has 0 aliphatic rings. The van der Waals surface area contributed by atoms with Crippen molar-refractivity contribution in [2.24, 2.45) is 0 Å². The minimum absolute atomic E-state index is 0.617. The number of rotatable bonds is 2. The van der Waals surface area contributed by atoms with E-state index in [4.69, 9.17) is 5.73 Å². The van der Waals surface area contributed by atoms with E-state index in [2.05, 4.69) is 43.0 Å². The molecule has 3 nitrogen and oxygen atoms in total. The highest BCUT2D eigenvalue weighted by Crippen LogP contribution is 2.30. The largest absolute Gasteiger partial charge is 0.384 e. The zero-order chi connectivity index (χ0) is 15.0. The summed E-state index contributed by atoms with van der Waals surface area (Å²) in [5.41, 5.74) is 10.1.